The van der Waals surface area contributed by atoms with E-state index >= 15 is 0 Å². The number of hydrogen-bond donors (Lipinski definition) is 2. The number of esters is 1. The Kier molecular flexibility index (Phi) is 5.41. The average molecular weight is 291 g/mol. The van der Waals surface area contributed by atoms with Gasteiger partial charge in [-0.05, 0) is 6.07 Å². The van der Waals surface area contributed by atoms with Gasteiger partial charge in [0, 0.05) is 5.56 Å². The lowest BCUT2D eigenvalue weighted by Crippen LogP contribution is -2.29. The summed E-state index contributed by atoms with van der Waals surface area (Å²) in [6, 6.07) is 2.94. The monoisotopic (exact) mass is 290 g/mol. The Bertz CT molecular complexity index is 462. The largest absolute Gasteiger partial charge is 0.493 e. The maximum atomic E-state index is 11.2. The van der Waals surface area contributed by atoms with E-state index in [4.69, 9.17) is 21.1 Å². The lowest BCUT2D eigenvalue weighted by Gasteiger charge is -2.19. The predicted molar refractivity (Wildman–Crippen MR) is 67.5 cm³/mol. The van der Waals surface area contributed by atoms with Crippen LogP contribution >= 0.6 is 11.6 Å². The second kappa shape index (κ2) is 6.60. The normalized spacial score (nSPS) is 13.6. The van der Waals surface area contributed by atoms with Crippen molar-refractivity contribution in [1.82, 2.24) is 0 Å². The quantitative estimate of drug-likeness (QED) is 0.785. The Hall–Kier alpha value is -1.50. The van der Waals surface area contributed by atoms with Crippen LogP contribution in [0.2, 0.25) is 5.02 Å². The molecular weight excluding hydrogens is 276 g/mol. The predicted octanol–water partition coefficient (Wildman–Crippen LogP) is 0.925. The van der Waals surface area contributed by atoms with Crippen LogP contribution in [0.5, 0.6) is 11.5 Å². The van der Waals surface area contributed by atoms with E-state index < -0.39 is 18.2 Å². The van der Waals surface area contributed by atoms with Crippen LogP contribution in [0.15, 0.2) is 12.1 Å². The van der Waals surface area contributed by atoms with Crippen LogP contribution in [0.4, 0.5) is 0 Å². The van der Waals surface area contributed by atoms with Gasteiger partial charge < -0.3 is 24.4 Å². The maximum absolute atomic E-state index is 11.2. The van der Waals surface area contributed by atoms with E-state index in [1.165, 1.54) is 26.4 Å². The molecule has 106 valence electrons. The first-order chi connectivity index (χ1) is 8.97. The van der Waals surface area contributed by atoms with Crippen molar-refractivity contribution in [2.24, 2.45) is 0 Å². The zero-order valence-corrected chi connectivity index (χ0v) is 11.5. The van der Waals surface area contributed by atoms with Gasteiger partial charge in [-0.2, -0.15) is 0 Å². The number of benzene rings is 1. The van der Waals surface area contributed by atoms with Gasteiger partial charge in [0.25, 0.3) is 0 Å². The summed E-state index contributed by atoms with van der Waals surface area (Å²) in [4.78, 5) is 11.2. The molecule has 0 saturated heterocycles. The van der Waals surface area contributed by atoms with Crippen molar-refractivity contribution < 1.29 is 29.2 Å². The van der Waals surface area contributed by atoms with E-state index in [0.717, 1.165) is 7.11 Å². The van der Waals surface area contributed by atoms with Gasteiger partial charge >= 0.3 is 5.97 Å². The maximum Gasteiger partial charge on any atom is 0.337 e. The number of carbonyl (C=O) groups is 1. The Balaban J connectivity index is 3.17. The second-order valence-corrected chi connectivity index (χ2v) is 4.00. The van der Waals surface area contributed by atoms with Crippen molar-refractivity contribution >= 4 is 17.6 Å². The smallest absolute Gasteiger partial charge is 0.337 e. The fourth-order valence-corrected chi connectivity index (χ4v) is 1.90. The zero-order chi connectivity index (χ0) is 14.6. The minimum atomic E-state index is -1.74. The first-order valence-corrected chi connectivity index (χ1v) is 5.70. The number of rotatable bonds is 5. The Labute approximate surface area is 115 Å². The molecule has 0 spiro atoms. The second-order valence-electron chi connectivity index (χ2n) is 3.62. The molecule has 0 radical (unpaired) electrons. The highest BCUT2D eigenvalue weighted by Crippen LogP contribution is 2.40. The van der Waals surface area contributed by atoms with Crippen molar-refractivity contribution in [2.75, 3.05) is 21.3 Å². The number of hydrogen-bond acceptors (Lipinski definition) is 6. The third-order valence-corrected chi connectivity index (χ3v) is 2.97. The highest BCUT2D eigenvalue weighted by atomic mass is 35.5. The molecule has 0 aliphatic carbocycles. The minimum absolute atomic E-state index is 0.0531. The summed E-state index contributed by atoms with van der Waals surface area (Å²) in [5.74, 6) is -0.382. The topological polar surface area (TPSA) is 85.2 Å². The van der Waals surface area contributed by atoms with E-state index in [2.05, 4.69) is 4.74 Å². The van der Waals surface area contributed by atoms with Crippen LogP contribution < -0.4 is 9.47 Å². The summed E-state index contributed by atoms with van der Waals surface area (Å²) in [6.45, 7) is 0. The zero-order valence-electron chi connectivity index (χ0n) is 10.7. The van der Waals surface area contributed by atoms with Crippen LogP contribution in [0, 0.1) is 0 Å². The molecule has 0 saturated carbocycles. The van der Waals surface area contributed by atoms with E-state index in [0.29, 0.717) is 5.75 Å². The van der Waals surface area contributed by atoms with Crippen LogP contribution in [0.1, 0.15) is 11.7 Å². The standard InChI is InChI=1S/C12H15ClO6/c1-17-7-5-4-6(8(13)11(7)18-2)9(14)10(15)12(16)19-3/h4-5,9-10,14-15H,1-3H3. The van der Waals surface area contributed by atoms with Gasteiger partial charge in [-0.1, -0.05) is 17.7 Å². The molecule has 0 aromatic heterocycles. The molecule has 2 atom stereocenters. The summed E-state index contributed by atoms with van der Waals surface area (Å²) >= 11 is 6.05. The molecule has 7 heteroatoms. The van der Waals surface area contributed by atoms with E-state index in [1.54, 1.807) is 0 Å². The fourth-order valence-electron chi connectivity index (χ4n) is 1.55. The number of halogens is 1. The summed E-state index contributed by atoms with van der Waals surface area (Å²) < 4.78 is 14.4. The van der Waals surface area contributed by atoms with Crippen LogP contribution in [-0.2, 0) is 9.53 Å². The first-order valence-electron chi connectivity index (χ1n) is 5.32. The molecule has 6 nitrogen and oxygen atoms in total. The summed E-state index contributed by atoms with van der Waals surface area (Å²) in [6.07, 6.45) is -3.26. The lowest BCUT2D eigenvalue weighted by molar-refractivity contribution is -0.156. The molecular formula is C12H15ClO6. The Morgan fingerprint density at radius 3 is 2.32 bits per heavy atom. The molecule has 1 aromatic carbocycles. The number of aliphatic hydroxyl groups excluding tert-OH is 2. The van der Waals surface area contributed by atoms with Crippen molar-refractivity contribution in [2.45, 2.75) is 12.2 Å². The van der Waals surface area contributed by atoms with Gasteiger partial charge in [-0.25, -0.2) is 4.79 Å². The van der Waals surface area contributed by atoms with Gasteiger partial charge in [0.2, 0.25) is 0 Å². The van der Waals surface area contributed by atoms with Gasteiger partial charge in [0.1, 0.15) is 6.10 Å². The van der Waals surface area contributed by atoms with Crippen molar-refractivity contribution in [3.8, 4) is 11.5 Å². The van der Waals surface area contributed by atoms with Crippen molar-refractivity contribution in [3.05, 3.63) is 22.7 Å². The van der Waals surface area contributed by atoms with Gasteiger partial charge in [-0.15, -0.1) is 0 Å². The fraction of sp³-hybridized carbons (Fsp3) is 0.417. The molecule has 0 heterocycles. The van der Waals surface area contributed by atoms with Crippen molar-refractivity contribution in [3.63, 3.8) is 0 Å². The van der Waals surface area contributed by atoms with Crippen LogP contribution in [0.3, 0.4) is 0 Å². The van der Waals surface area contributed by atoms with E-state index in [1.807, 2.05) is 0 Å². The highest BCUT2D eigenvalue weighted by Gasteiger charge is 2.29. The molecule has 0 amide bonds. The van der Waals surface area contributed by atoms with Gasteiger partial charge in [-0.3, -0.25) is 0 Å². The Morgan fingerprint density at radius 1 is 1.21 bits per heavy atom. The molecule has 2 unspecified atom stereocenters. The molecule has 2 N–H and O–H groups in total. The molecule has 0 aliphatic rings. The van der Waals surface area contributed by atoms with Gasteiger partial charge in [0.05, 0.1) is 26.4 Å². The average Bonchev–Trinajstić information content (AvgIpc) is 2.44. The third-order valence-electron chi connectivity index (χ3n) is 2.58. The van der Waals surface area contributed by atoms with Gasteiger partial charge in [0.15, 0.2) is 17.6 Å². The minimum Gasteiger partial charge on any atom is -0.493 e. The highest BCUT2D eigenvalue weighted by molar-refractivity contribution is 6.33. The molecule has 0 bridgehead atoms. The number of ether oxygens (including phenoxy) is 3. The van der Waals surface area contributed by atoms with E-state index in [-0.39, 0.29) is 16.3 Å². The first kappa shape index (κ1) is 15.6. The third kappa shape index (κ3) is 3.09. The molecule has 1 rings (SSSR count). The summed E-state index contributed by atoms with van der Waals surface area (Å²) in [7, 11) is 3.93. The molecule has 0 fully saturated rings. The number of carbonyl (C=O) groups excluding carboxylic acids is 1. The number of aliphatic hydroxyl groups is 2. The van der Waals surface area contributed by atoms with Crippen molar-refractivity contribution in [1.29, 1.82) is 0 Å². The summed E-state index contributed by atoms with van der Waals surface area (Å²) in [5.41, 5.74) is 0.136. The molecule has 0 aliphatic heterocycles. The number of methoxy groups -OCH3 is 3. The van der Waals surface area contributed by atoms with E-state index in [9.17, 15) is 15.0 Å². The Morgan fingerprint density at radius 2 is 1.84 bits per heavy atom. The lowest BCUT2D eigenvalue weighted by atomic mass is 10.0. The van der Waals surface area contributed by atoms with Crippen LogP contribution in [0.25, 0.3) is 0 Å². The SMILES string of the molecule is COC(=O)C(O)C(O)c1ccc(OC)c(OC)c1Cl. The summed E-state index contributed by atoms with van der Waals surface area (Å²) in [5, 5.41) is 19.6. The molecule has 19 heavy (non-hydrogen) atoms. The van der Waals surface area contributed by atoms with Crippen LogP contribution in [-0.4, -0.2) is 43.6 Å². The molecule has 1 aromatic rings.